The van der Waals surface area contributed by atoms with Crippen LogP contribution in [0, 0.1) is 0 Å². The van der Waals surface area contributed by atoms with Crippen LogP contribution in [-0.2, 0) is 5.54 Å². The van der Waals surface area contributed by atoms with Gasteiger partial charge in [-0.3, -0.25) is 0 Å². The summed E-state index contributed by atoms with van der Waals surface area (Å²) in [6.45, 7) is 0. The van der Waals surface area contributed by atoms with E-state index in [1.54, 1.807) is 0 Å². The molecule has 1 heterocycles. The molecule has 1 aliphatic rings. The Morgan fingerprint density at radius 1 is 0.667 bits per heavy atom. The van der Waals surface area contributed by atoms with E-state index < -0.39 is 5.54 Å². The Hall–Kier alpha value is -3.60. The highest BCUT2D eigenvalue weighted by Gasteiger charge is 2.55. The number of aliphatic imine (C=N–C) groups is 1. The number of quaternary nitrogens is 1. The Bertz CT molecular complexity index is 1140. The maximum atomic E-state index is 5.92. The van der Waals surface area contributed by atoms with Crippen LogP contribution in [0.4, 0.5) is 5.69 Å². The second-order valence-corrected chi connectivity index (χ2v) is 9.16. The highest BCUT2D eigenvalue weighted by molar-refractivity contribution is 7.99. The quantitative estimate of drug-likeness (QED) is 0.149. The summed E-state index contributed by atoms with van der Waals surface area (Å²) in [6.07, 6.45) is 6.22. The molecule has 4 heteroatoms. The summed E-state index contributed by atoms with van der Waals surface area (Å²) >= 11 is 1.81. The molecule has 162 valence electrons. The fourth-order valence-corrected chi connectivity index (χ4v) is 5.77. The number of nitrogens with two attached hydrogens (primary N) is 1. The molecule has 4 aromatic rings. The predicted octanol–water partition coefficient (Wildman–Crippen LogP) is 6.64. The van der Waals surface area contributed by atoms with Gasteiger partial charge in [-0.25, -0.2) is 9.48 Å². The first kappa shape index (κ1) is 21.3. The summed E-state index contributed by atoms with van der Waals surface area (Å²) in [6, 6.07) is 40.4. The lowest BCUT2D eigenvalue weighted by Gasteiger charge is -2.47. The van der Waals surface area contributed by atoms with Gasteiger partial charge in [-0.2, -0.15) is 0 Å². The van der Waals surface area contributed by atoms with Gasteiger partial charge in [0, 0.05) is 27.3 Å². The number of thioether (sulfide) groups is 1. The van der Waals surface area contributed by atoms with Crippen LogP contribution in [0.2, 0.25) is 0 Å². The van der Waals surface area contributed by atoms with Crippen molar-refractivity contribution >= 4 is 23.8 Å². The number of anilines is 1. The molecule has 33 heavy (non-hydrogen) atoms. The molecular weight excluding hydrogens is 422 g/mol. The first-order chi connectivity index (χ1) is 16.2. The van der Waals surface area contributed by atoms with Gasteiger partial charge >= 0.3 is 0 Å². The van der Waals surface area contributed by atoms with Crippen molar-refractivity contribution in [3.05, 3.63) is 144 Å². The Morgan fingerprint density at radius 3 is 1.58 bits per heavy atom. The minimum atomic E-state index is -0.513. The summed E-state index contributed by atoms with van der Waals surface area (Å²) < 4.78 is 0.528. The standard InChI is InChI=1S/C29H26N3S/c30-27-16-18-28(19-17-27)33-23-32(21-20-31-22-32)29(24-10-4-1-5-11-24,25-12-6-2-7-13-25)26-14-8-3-9-15-26/h1-22H,23,30H2/q+1. The smallest absolute Gasteiger partial charge is 0.196 e. The summed E-state index contributed by atoms with van der Waals surface area (Å²) in [7, 11) is 0. The van der Waals surface area contributed by atoms with Crippen LogP contribution in [-0.4, -0.2) is 16.7 Å². The predicted molar refractivity (Wildman–Crippen MR) is 139 cm³/mol. The molecule has 0 aliphatic carbocycles. The van der Waals surface area contributed by atoms with Gasteiger partial charge in [0.25, 0.3) is 0 Å². The van der Waals surface area contributed by atoms with Crippen molar-refractivity contribution in [2.45, 2.75) is 10.4 Å². The zero-order valence-corrected chi connectivity index (χ0v) is 19.1. The largest absolute Gasteiger partial charge is 0.399 e. The Labute approximate surface area is 199 Å². The number of hydrogen-bond acceptors (Lipinski definition) is 3. The minimum Gasteiger partial charge on any atom is -0.399 e. The third kappa shape index (κ3) is 3.78. The summed E-state index contributed by atoms with van der Waals surface area (Å²) in [4.78, 5) is 5.82. The van der Waals surface area contributed by atoms with Crippen LogP contribution in [0.1, 0.15) is 16.7 Å². The van der Waals surface area contributed by atoms with Gasteiger partial charge in [0.1, 0.15) is 12.1 Å². The highest BCUT2D eigenvalue weighted by atomic mass is 32.2. The third-order valence-electron chi connectivity index (χ3n) is 6.22. The molecule has 0 fully saturated rings. The molecule has 0 radical (unpaired) electrons. The van der Waals surface area contributed by atoms with Crippen molar-refractivity contribution in [2.75, 3.05) is 11.6 Å². The molecule has 1 atom stereocenters. The van der Waals surface area contributed by atoms with Gasteiger partial charge in [0.05, 0.1) is 6.20 Å². The fraction of sp³-hybridized carbons (Fsp3) is 0.0690. The van der Waals surface area contributed by atoms with Gasteiger partial charge in [0.15, 0.2) is 11.9 Å². The monoisotopic (exact) mass is 448 g/mol. The average molecular weight is 449 g/mol. The third-order valence-corrected chi connectivity index (χ3v) is 7.38. The van der Waals surface area contributed by atoms with E-state index in [4.69, 9.17) is 5.73 Å². The first-order valence-electron chi connectivity index (χ1n) is 11.0. The van der Waals surface area contributed by atoms with Crippen LogP contribution >= 0.6 is 11.8 Å². The van der Waals surface area contributed by atoms with Crippen molar-refractivity contribution in [2.24, 2.45) is 4.99 Å². The van der Waals surface area contributed by atoms with E-state index in [0.29, 0.717) is 4.48 Å². The lowest BCUT2D eigenvalue weighted by molar-refractivity contribution is -0.818. The molecule has 0 amide bonds. The Kier molecular flexibility index (Phi) is 5.86. The molecule has 0 saturated heterocycles. The van der Waals surface area contributed by atoms with Crippen LogP contribution in [0.3, 0.4) is 0 Å². The highest BCUT2D eigenvalue weighted by Crippen LogP contribution is 2.49. The van der Waals surface area contributed by atoms with E-state index in [0.717, 1.165) is 11.6 Å². The van der Waals surface area contributed by atoms with Crippen molar-refractivity contribution in [3.63, 3.8) is 0 Å². The molecule has 0 spiro atoms. The summed E-state index contributed by atoms with van der Waals surface area (Å²) in [5.74, 6) is 0.766. The molecule has 3 nitrogen and oxygen atoms in total. The molecular formula is C29H26N3S+. The van der Waals surface area contributed by atoms with E-state index >= 15 is 0 Å². The van der Waals surface area contributed by atoms with E-state index in [9.17, 15) is 0 Å². The number of rotatable bonds is 7. The molecule has 1 unspecified atom stereocenters. The maximum Gasteiger partial charge on any atom is 0.196 e. The van der Waals surface area contributed by atoms with Crippen molar-refractivity contribution in [1.29, 1.82) is 0 Å². The Morgan fingerprint density at radius 2 is 1.15 bits per heavy atom. The summed E-state index contributed by atoms with van der Waals surface area (Å²) in [5.41, 5.74) is 9.85. The molecule has 5 rings (SSSR count). The summed E-state index contributed by atoms with van der Waals surface area (Å²) in [5, 5.41) is 0. The van der Waals surface area contributed by atoms with Crippen molar-refractivity contribution in [3.8, 4) is 0 Å². The van der Waals surface area contributed by atoms with Crippen molar-refractivity contribution < 1.29 is 4.48 Å². The number of benzene rings is 4. The topological polar surface area (TPSA) is 38.4 Å². The second kappa shape index (κ2) is 9.10. The van der Waals surface area contributed by atoms with E-state index in [1.165, 1.54) is 21.6 Å². The minimum absolute atomic E-state index is 0.513. The van der Waals surface area contributed by atoms with E-state index in [2.05, 4.69) is 121 Å². The van der Waals surface area contributed by atoms with Gasteiger partial charge < -0.3 is 5.73 Å². The van der Waals surface area contributed by atoms with Crippen LogP contribution in [0.25, 0.3) is 0 Å². The van der Waals surface area contributed by atoms with Crippen LogP contribution < -0.4 is 5.73 Å². The normalized spacial score (nSPS) is 17.3. The lowest BCUT2D eigenvalue weighted by Crippen LogP contribution is -2.58. The zero-order chi connectivity index (χ0) is 22.6. The molecule has 1 aliphatic heterocycles. The second-order valence-electron chi connectivity index (χ2n) is 8.14. The zero-order valence-electron chi connectivity index (χ0n) is 18.3. The average Bonchev–Trinajstić information content (AvgIpc) is 3.36. The van der Waals surface area contributed by atoms with Crippen molar-refractivity contribution in [1.82, 2.24) is 0 Å². The first-order valence-corrected chi connectivity index (χ1v) is 12.0. The van der Waals surface area contributed by atoms with Crippen LogP contribution in [0.15, 0.2) is 138 Å². The number of hydrogen-bond donors (Lipinski definition) is 1. The van der Waals surface area contributed by atoms with Gasteiger partial charge in [-0.05, 0) is 24.3 Å². The van der Waals surface area contributed by atoms with E-state index in [-0.39, 0.29) is 0 Å². The molecule has 0 bridgehead atoms. The lowest BCUT2D eigenvalue weighted by atomic mass is 9.74. The number of nitrogens with zero attached hydrogens (tertiary/aromatic N) is 2. The van der Waals surface area contributed by atoms with Gasteiger partial charge in [0.2, 0.25) is 0 Å². The van der Waals surface area contributed by atoms with E-state index in [1.807, 2.05) is 30.1 Å². The maximum absolute atomic E-state index is 5.92. The van der Waals surface area contributed by atoms with Gasteiger partial charge in [-0.15, -0.1) is 0 Å². The molecule has 2 N–H and O–H groups in total. The molecule has 0 saturated carbocycles. The number of nitrogen functional groups attached to an aromatic ring is 1. The Balaban J connectivity index is 1.75. The SMILES string of the molecule is Nc1ccc(SC[N+]2(C(c3ccccc3)(c3ccccc3)c3ccccc3)C=CN=C2)cc1. The molecule has 4 aromatic carbocycles. The molecule has 0 aromatic heterocycles. The van der Waals surface area contributed by atoms with Gasteiger partial charge in [-0.1, -0.05) is 103 Å². The van der Waals surface area contributed by atoms with Crippen LogP contribution in [0.5, 0.6) is 0 Å². The fourth-order valence-electron chi connectivity index (χ4n) is 4.73.